The molecule has 0 unspecified atom stereocenters. The molecule has 2 aromatic rings. The minimum absolute atomic E-state index is 0. The molecule has 2 nitrogen and oxygen atoms in total. The fourth-order valence-corrected chi connectivity index (χ4v) is 1.63. The predicted molar refractivity (Wildman–Crippen MR) is 56.9 cm³/mol. The summed E-state index contributed by atoms with van der Waals surface area (Å²) < 4.78 is 1.02. The zero-order chi connectivity index (χ0) is 6.97. The number of para-hydroxylation sites is 1. The van der Waals surface area contributed by atoms with Crippen LogP contribution in [0.3, 0.4) is 0 Å². The zero-order valence-corrected chi connectivity index (χ0v) is 8.39. The van der Waals surface area contributed by atoms with Gasteiger partial charge in [-0.15, -0.1) is 24.8 Å². The number of aromatic nitrogens is 1. The summed E-state index contributed by atoms with van der Waals surface area (Å²) in [4.78, 5) is 13.5. The molecular weight excluding hydrogens is 217 g/mol. The third kappa shape index (κ3) is 2.00. The number of halogens is 2. The summed E-state index contributed by atoms with van der Waals surface area (Å²) in [5.41, 5.74) is 0.928. The van der Waals surface area contributed by atoms with E-state index in [2.05, 4.69) is 4.98 Å². The van der Waals surface area contributed by atoms with Gasteiger partial charge in [-0.05, 0) is 12.1 Å². The van der Waals surface area contributed by atoms with Crippen LogP contribution in [0.15, 0.2) is 29.1 Å². The maximum Gasteiger partial charge on any atom is 0.305 e. The molecular formula is C7H7Cl2NOS. The lowest BCUT2D eigenvalue weighted by Gasteiger charge is -1.81. The van der Waals surface area contributed by atoms with Gasteiger partial charge in [0.15, 0.2) is 0 Å². The van der Waals surface area contributed by atoms with Gasteiger partial charge in [-0.2, -0.15) is 0 Å². The molecule has 0 saturated carbocycles. The van der Waals surface area contributed by atoms with Crippen LogP contribution < -0.4 is 4.87 Å². The highest BCUT2D eigenvalue weighted by molar-refractivity contribution is 7.16. The summed E-state index contributed by atoms with van der Waals surface area (Å²) in [5, 5.41) is 0. The monoisotopic (exact) mass is 223 g/mol. The van der Waals surface area contributed by atoms with E-state index < -0.39 is 0 Å². The molecule has 2 rings (SSSR count). The fraction of sp³-hybridized carbons (Fsp3) is 0. The van der Waals surface area contributed by atoms with Crippen molar-refractivity contribution in [3.63, 3.8) is 0 Å². The number of nitrogens with one attached hydrogen (secondary N) is 1. The van der Waals surface area contributed by atoms with Gasteiger partial charge in [0.2, 0.25) is 0 Å². The summed E-state index contributed by atoms with van der Waals surface area (Å²) in [7, 11) is 0. The van der Waals surface area contributed by atoms with Crippen LogP contribution in [-0.2, 0) is 0 Å². The number of rotatable bonds is 0. The first-order chi connectivity index (χ1) is 4.86. The SMILES string of the molecule is Cl.Cl.O=c1[nH]c2ccccc2s1. The van der Waals surface area contributed by atoms with Crippen LogP contribution in [0.25, 0.3) is 10.2 Å². The second kappa shape index (κ2) is 4.50. The van der Waals surface area contributed by atoms with Gasteiger partial charge in [0.1, 0.15) is 0 Å². The number of H-pyrrole nitrogens is 1. The van der Waals surface area contributed by atoms with Crippen molar-refractivity contribution in [2.24, 2.45) is 0 Å². The smallest absolute Gasteiger partial charge is 0.305 e. The standard InChI is InChI=1S/C7H5NOS.2ClH/c9-7-8-5-3-1-2-4-6(5)10-7;;/h1-4H,(H,8,9);2*1H. The highest BCUT2D eigenvalue weighted by atomic mass is 35.5. The average molecular weight is 224 g/mol. The largest absolute Gasteiger partial charge is 0.312 e. The molecule has 0 atom stereocenters. The molecule has 66 valence electrons. The quantitative estimate of drug-likeness (QED) is 0.732. The number of aromatic amines is 1. The Morgan fingerprint density at radius 2 is 1.83 bits per heavy atom. The molecule has 0 aliphatic heterocycles. The van der Waals surface area contributed by atoms with Crippen LogP contribution in [0.1, 0.15) is 0 Å². The lowest BCUT2D eigenvalue weighted by Crippen LogP contribution is -1.89. The number of benzene rings is 1. The van der Waals surface area contributed by atoms with Gasteiger partial charge in [0, 0.05) is 0 Å². The Labute approximate surface area is 85.4 Å². The Kier molecular flexibility index (Phi) is 4.31. The molecule has 0 amide bonds. The highest BCUT2D eigenvalue weighted by Crippen LogP contribution is 2.11. The molecule has 0 radical (unpaired) electrons. The summed E-state index contributed by atoms with van der Waals surface area (Å²) in [6.07, 6.45) is 0. The molecule has 0 saturated heterocycles. The maximum absolute atomic E-state index is 10.8. The van der Waals surface area contributed by atoms with Gasteiger partial charge in [-0.3, -0.25) is 4.79 Å². The second-order valence-corrected chi connectivity index (χ2v) is 3.03. The van der Waals surface area contributed by atoms with E-state index in [1.165, 1.54) is 11.3 Å². The van der Waals surface area contributed by atoms with E-state index >= 15 is 0 Å². The number of thiazole rings is 1. The van der Waals surface area contributed by atoms with E-state index in [1.807, 2.05) is 24.3 Å². The van der Waals surface area contributed by atoms with Gasteiger partial charge >= 0.3 is 4.87 Å². The normalized spacial score (nSPS) is 8.67. The van der Waals surface area contributed by atoms with Crippen molar-refractivity contribution in [1.29, 1.82) is 0 Å². The van der Waals surface area contributed by atoms with Crippen molar-refractivity contribution < 1.29 is 0 Å². The summed E-state index contributed by atoms with van der Waals surface area (Å²) in [6, 6.07) is 7.65. The molecule has 0 fully saturated rings. The summed E-state index contributed by atoms with van der Waals surface area (Å²) in [6.45, 7) is 0. The Morgan fingerprint density at radius 3 is 2.50 bits per heavy atom. The summed E-state index contributed by atoms with van der Waals surface area (Å²) >= 11 is 1.24. The minimum atomic E-state index is 0. The van der Waals surface area contributed by atoms with Crippen molar-refractivity contribution in [1.82, 2.24) is 4.98 Å². The maximum atomic E-state index is 10.8. The topological polar surface area (TPSA) is 32.9 Å². The van der Waals surface area contributed by atoms with Crippen LogP contribution in [-0.4, -0.2) is 4.98 Å². The summed E-state index contributed by atoms with van der Waals surface area (Å²) in [5.74, 6) is 0. The number of hydrogen-bond donors (Lipinski definition) is 1. The first kappa shape index (κ1) is 11.5. The molecule has 5 heteroatoms. The molecule has 1 heterocycles. The third-order valence-electron chi connectivity index (χ3n) is 1.33. The van der Waals surface area contributed by atoms with Gasteiger partial charge in [0.25, 0.3) is 0 Å². The van der Waals surface area contributed by atoms with Crippen LogP contribution in [0.5, 0.6) is 0 Å². The minimum Gasteiger partial charge on any atom is -0.312 e. The zero-order valence-electron chi connectivity index (χ0n) is 5.94. The van der Waals surface area contributed by atoms with Crippen molar-refractivity contribution >= 4 is 46.4 Å². The third-order valence-corrected chi connectivity index (χ3v) is 2.19. The van der Waals surface area contributed by atoms with Crippen molar-refractivity contribution in [3.05, 3.63) is 33.9 Å². The van der Waals surface area contributed by atoms with Crippen LogP contribution >= 0.6 is 36.2 Å². The molecule has 0 bridgehead atoms. The Balaban J connectivity index is 0.000000605. The van der Waals surface area contributed by atoms with Crippen molar-refractivity contribution in [3.8, 4) is 0 Å². The van der Waals surface area contributed by atoms with Gasteiger partial charge in [-0.25, -0.2) is 0 Å². The second-order valence-electron chi connectivity index (χ2n) is 2.01. The Hall–Kier alpha value is -0.510. The van der Waals surface area contributed by atoms with E-state index in [4.69, 9.17) is 0 Å². The molecule has 0 aliphatic carbocycles. The van der Waals surface area contributed by atoms with E-state index in [0.717, 1.165) is 10.2 Å². The molecule has 1 aromatic heterocycles. The fourth-order valence-electron chi connectivity index (χ4n) is 0.894. The molecule has 0 spiro atoms. The van der Waals surface area contributed by atoms with Crippen molar-refractivity contribution in [2.45, 2.75) is 0 Å². The van der Waals surface area contributed by atoms with Crippen LogP contribution in [0.2, 0.25) is 0 Å². The first-order valence-electron chi connectivity index (χ1n) is 2.94. The average Bonchev–Trinajstić information content (AvgIpc) is 2.27. The lowest BCUT2D eigenvalue weighted by molar-refractivity contribution is 1.41. The molecule has 12 heavy (non-hydrogen) atoms. The Morgan fingerprint density at radius 1 is 1.17 bits per heavy atom. The van der Waals surface area contributed by atoms with Crippen LogP contribution in [0, 0.1) is 0 Å². The molecule has 0 aliphatic rings. The first-order valence-corrected chi connectivity index (χ1v) is 3.76. The van der Waals surface area contributed by atoms with E-state index in [-0.39, 0.29) is 29.7 Å². The predicted octanol–water partition coefficient (Wildman–Crippen LogP) is 2.43. The number of hydrogen-bond acceptors (Lipinski definition) is 2. The van der Waals surface area contributed by atoms with E-state index in [9.17, 15) is 4.79 Å². The van der Waals surface area contributed by atoms with Gasteiger partial charge in [-0.1, -0.05) is 23.5 Å². The molecule has 1 N–H and O–H groups in total. The lowest BCUT2D eigenvalue weighted by atomic mass is 10.3. The van der Waals surface area contributed by atoms with Gasteiger partial charge in [0.05, 0.1) is 10.2 Å². The van der Waals surface area contributed by atoms with Gasteiger partial charge < -0.3 is 4.98 Å². The van der Waals surface area contributed by atoms with Crippen LogP contribution in [0.4, 0.5) is 0 Å². The Bertz CT molecular complexity index is 373. The molecule has 1 aromatic carbocycles. The highest BCUT2D eigenvalue weighted by Gasteiger charge is 1.93. The van der Waals surface area contributed by atoms with Crippen molar-refractivity contribution in [2.75, 3.05) is 0 Å². The van der Waals surface area contributed by atoms with E-state index in [1.54, 1.807) is 0 Å². The number of fused-ring (bicyclic) bond motifs is 1. The van der Waals surface area contributed by atoms with E-state index in [0.29, 0.717) is 0 Å².